The second-order valence-electron chi connectivity index (χ2n) is 2.92. The number of carbonyl (C=O) groups is 1. The average Bonchev–Trinajstić information content (AvgIpc) is 2.12. The van der Waals surface area contributed by atoms with Gasteiger partial charge in [-0.25, -0.2) is 9.97 Å². The van der Waals surface area contributed by atoms with E-state index in [0.717, 1.165) is 0 Å². The van der Waals surface area contributed by atoms with E-state index in [9.17, 15) is 4.79 Å². The fraction of sp³-hybridized carbons (Fsp3) is 0.375. The molecule has 0 aliphatic carbocycles. The third-order valence-corrected chi connectivity index (χ3v) is 1.81. The number of hydrogen-bond acceptors (Lipinski definition) is 5. The van der Waals surface area contributed by atoms with Crippen LogP contribution in [0, 0.1) is 6.92 Å². The third kappa shape index (κ3) is 3.69. The van der Waals surface area contributed by atoms with Crippen LogP contribution in [-0.4, -0.2) is 33.6 Å². The van der Waals surface area contributed by atoms with Crippen molar-refractivity contribution < 1.29 is 9.90 Å². The minimum absolute atomic E-state index is 0.0118. The summed E-state index contributed by atoms with van der Waals surface area (Å²) in [6, 6.07) is 1.49. The van der Waals surface area contributed by atoms with Gasteiger partial charge in [0, 0.05) is 6.07 Å². The molecule has 6 nitrogen and oxygen atoms in total. The summed E-state index contributed by atoms with van der Waals surface area (Å²) in [5.41, 5.74) is 4.87. The van der Waals surface area contributed by atoms with Gasteiger partial charge >= 0.3 is 0 Å². The largest absolute Gasteiger partial charge is 0.381 e. The van der Waals surface area contributed by atoms with E-state index in [2.05, 4.69) is 15.3 Å². The van der Waals surface area contributed by atoms with Crippen molar-refractivity contribution in [2.24, 2.45) is 5.73 Å². The molecule has 0 saturated heterocycles. The molecule has 0 saturated carbocycles. The number of primary amides is 1. The summed E-state index contributed by atoms with van der Waals surface area (Å²) in [7, 11) is 0. The summed E-state index contributed by atoms with van der Waals surface area (Å²) >= 11 is 5.68. The zero-order chi connectivity index (χ0) is 11.4. The number of nitrogens with one attached hydrogen (secondary N) is 1. The summed E-state index contributed by atoms with van der Waals surface area (Å²) in [6.45, 7) is 1.67. The smallest absolute Gasteiger partial charge is 0.248 e. The zero-order valence-corrected chi connectivity index (χ0v) is 8.82. The summed E-state index contributed by atoms with van der Waals surface area (Å²) in [4.78, 5) is 18.4. The van der Waals surface area contributed by atoms with Gasteiger partial charge in [0.2, 0.25) is 5.91 Å². The third-order valence-electron chi connectivity index (χ3n) is 1.61. The number of aliphatic hydroxyl groups excluding tert-OH is 1. The van der Waals surface area contributed by atoms with Crippen LogP contribution < -0.4 is 11.1 Å². The molecule has 0 aliphatic heterocycles. The van der Waals surface area contributed by atoms with Crippen molar-refractivity contribution in [2.45, 2.75) is 13.0 Å². The van der Waals surface area contributed by atoms with Gasteiger partial charge in [-0.2, -0.15) is 0 Å². The molecular formula is C8H11ClN4O2. The van der Waals surface area contributed by atoms with E-state index >= 15 is 0 Å². The molecule has 0 aliphatic rings. The minimum Gasteiger partial charge on any atom is -0.381 e. The Morgan fingerprint density at radius 3 is 2.93 bits per heavy atom. The quantitative estimate of drug-likeness (QED) is 0.617. The van der Waals surface area contributed by atoms with Crippen LogP contribution in [0.4, 0.5) is 5.82 Å². The van der Waals surface area contributed by atoms with E-state index in [1.54, 1.807) is 6.92 Å². The molecule has 7 heteroatoms. The van der Waals surface area contributed by atoms with Crippen LogP contribution >= 0.6 is 11.6 Å². The number of halogens is 1. The summed E-state index contributed by atoms with van der Waals surface area (Å²) in [6.07, 6.45) is -1.25. The first kappa shape index (κ1) is 11.7. The van der Waals surface area contributed by atoms with Gasteiger partial charge in [-0.05, 0) is 6.92 Å². The number of nitrogens with zero attached hydrogens (tertiary/aromatic N) is 2. The van der Waals surface area contributed by atoms with Gasteiger partial charge in [0.1, 0.15) is 22.9 Å². The number of rotatable bonds is 4. The number of hydrogen-bond donors (Lipinski definition) is 3. The molecule has 82 valence electrons. The number of anilines is 1. The van der Waals surface area contributed by atoms with Crippen LogP contribution in [0.15, 0.2) is 6.07 Å². The monoisotopic (exact) mass is 230 g/mol. The number of aromatic nitrogens is 2. The number of amides is 1. The molecule has 1 amide bonds. The Morgan fingerprint density at radius 1 is 1.73 bits per heavy atom. The molecule has 4 N–H and O–H groups in total. The van der Waals surface area contributed by atoms with Gasteiger partial charge in [0.15, 0.2) is 0 Å². The van der Waals surface area contributed by atoms with Gasteiger partial charge in [0.05, 0.1) is 6.54 Å². The van der Waals surface area contributed by atoms with Crippen LogP contribution in [-0.2, 0) is 4.79 Å². The number of aliphatic hydroxyl groups is 1. The van der Waals surface area contributed by atoms with Gasteiger partial charge in [-0.15, -0.1) is 0 Å². The second kappa shape index (κ2) is 4.90. The predicted octanol–water partition coefficient (Wildman–Crippen LogP) is -0.303. The number of nitrogens with two attached hydrogens (primary N) is 1. The summed E-state index contributed by atoms with van der Waals surface area (Å²) < 4.78 is 0. The topological polar surface area (TPSA) is 101 Å². The lowest BCUT2D eigenvalue weighted by atomic mass is 10.3. The van der Waals surface area contributed by atoms with E-state index in [0.29, 0.717) is 16.8 Å². The molecule has 1 aromatic rings. The Bertz CT molecular complexity index is 351. The zero-order valence-electron chi connectivity index (χ0n) is 8.07. The van der Waals surface area contributed by atoms with Crippen LogP contribution in [0.25, 0.3) is 0 Å². The van der Waals surface area contributed by atoms with Crippen molar-refractivity contribution in [3.05, 3.63) is 17.0 Å². The highest BCUT2D eigenvalue weighted by molar-refractivity contribution is 6.29. The van der Waals surface area contributed by atoms with E-state index < -0.39 is 12.0 Å². The molecule has 0 fully saturated rings. The molecule has 1 aromatic heterocycles. The highest BCUT2D eigenvalue weighted by Crippen LogP contribution is 2.10. The van der Waals surface area contributed by atoms with Crippen molar-refractivity contribution in [3.63, 3.8) is 0 Å². The van der Waals surface area contributed by atoms with Crippen LogP contribution in [0.5, 0.6) is 0 Å². The van der Waals surface area contributed by atoms with Crippen molar-refractivity contribution in [1.29, 1.82) is 0 Å². The molecule has 15 heavy (non-hydrogen) atoms. The van der Waals surface area contributed by atoms with Gasteiger partial charge < -0.3 is 16.2 Å². The fourth-order valence-electron chi connectivity index (χ4n) is 0.924. The summed E-state index contributed by atoms with van der Waals surface area (Å²) in [5.74, 6) is 0.144. The number of aryl methyl sites for hydroxylation is 1. The fourth-order valence-corrected chi connectivity index (χ4v) is 1.15. The average molecular weight is 231 g/mol. The lowest BCUT2D eigenvalue weighted by molar-refractivity contribution is -0.125. The highest BCUT2D eigenvalue weighted by Gasteiger charge is 2.10. The maximum absolute atomic E-state index is 10.5. The first-order valence-electron chi connectivity index (χ1n) is 4.21. The molecule has 1 rings (SSSR count). The molecule has 0 bridgehead atoms. The Kier molecular flexibility index (Phi) is 3.81. The first-order valence-corrected chi connectivity index (χ1v) is 4.59. The second-order valence-corrected chi connectivity index (χ2v) is 3.31. The molecule has 1 heterocycles. The standard InChI is InChI=1S/C8H11ClN4O2/c1-4-12-6(9)2-7(13-4)11-3-5(14)8(10)15/h2,5,14H,3H2,1H3,(H2,10,15)(H,11,12,13). The van der Waals surface area contributed by atoms with Crippen molar-refractivity contribution in [1.82, 2.24) is 9.97 Å². The Morgan fingerprint density at radius 2 is 2.40 bits per heavy atom. The molecular weight excluding hydrogens is 220 g/mol. The summed E-state index contributed by atoms with van der Waals surface area (Å²) in [5, 5.41) is 12.1. The minimum atomic E-state index is -1.25. The normalized spacial score (nSPS) is 12.2. The molecule has 1 atom stereocenters. The van der Waals surface area contributed by atoms with Crippen molar-refractivity contribution in [3.8, 4) is 0 Å². The highest BCUT2D eigenvalue weighted by atomic mass is 35.5. The van der Waals surface area contributed by atoms with Crippen LogP contribution in [0.1, 0.15) is 5.82 Å². The lowest BCUT2D eigenvalue weighted by Gasteiger charge is -2.09. The Hall–Kier alpha value is -1.40. The SMILES string of the molecule is Cc1nc(Cl)cc(NCC(O)C(N)=O)n1. The molecule has 0 spiro atoms. The number of carbonyl (C=O) groups excluding carboxylic acids is 1. The van der Waals surface area contributed by atoms with Gasteiger partial charge in [-0.1, -0.05) is 11.6 Å². The first-order chi connectivity index (χ1) is 6.99. The van der Waals surface area contributed by atoms with Gasteiger partial charge in [-0.3, -0.25) is 4.79 Å². The van der Waals surface area contributed by atoms with Crippen LogP contribution in [0.2, 0.25) is 5.15 Å². The maximum atomic E-state index is 10.5. The van der Waals surface area contributed by atoms with Crippen molar-refractivity contribution >= 4 is 23.3 Å². The van der Waals surface area contributed by atoms with E-state index in [4.69, 9.17) is 22.4 Å². The molecule has 1 unspecified atom stereocenters. The lowest BCUT2D eigenvalue weighted by Crippen LogP contribution is -2.34. The molecule has 0 radical (unpaired) electrons. The van der Waals surface area contributed by atoms with Crippen LogP contribution in [0.3, 0.4) is 0 Å². The van der Waals surface area contributed by atoms with E-state index in [1.165, 1.54) is 6.07 Å². The van der Waals surface area contributed by atoms with E-state index in [1.807, 2.05) is 0 Å². The Labute approximate surface area is 91.5 Å². The Balaban J connectivity index is 2.61. The van der Waals surface area contributed by atoms with E-state index in [-0.39, 0.29) is 6.54 Å². The van der Waals surface area contributed by atoms with Crippen molar-refractivity contribution in [2.75, 3.05) is 11.9 Å². The predicted molar refractivity (Wildman–Crippen MR) is 55.5 cm³/mol. The molecule has 0 aromatic carbocycles. The van der Waals surface area contributed by atoms with Gasteiger partial charge in [0.25, 0.3) is 0 Å². The maximum Gasteiger partial charge on any atom is 0.248 e.